The molecule has 1 aromatic carbocycles. The predicted molar refractivity (Wildman–Crippen MR) is 80.4 cm³/mol. The van der Waals surface area contributed by atoms with Gasteiger partial charge < -0.3 is 5.32 Å². The smallest absolute Gasteiger partial charge is 0.168 e. The maximum atomic E-state index is 14.3. The Balaban J connectivity index is 2.69. The number of hydrogen-bond donors (Lipinski definition) is 1. The molecule has 0 saturated carbocycles. The molecule has 0 aliphatic heterocycles. The minimum absolute atomic E-state index is 0.0824. The van der Waals surface area contributed by atoms with Crippen LogP contribution < -0.4 is 5.32 Å². The fourth-order valence-electron chi connectivity index (χ4n) is 2.29. The van der Waals surface area contributed by atoms with Gasteiger partial charge in [-0.1, -0.05) is 19.9 Å². The summed E-state index contributed by atoms with van der Waals surface area (Å²) in [7, 11) is 0. The molecule has 0 spiro atoms. The van der Waals surface area contributed by atoms with Crippen molar-refractivity contribution < 1.29 is 8.78 Å². The van der Waals surface area contributed by atoms with E-state index >= 15 is 0 Å². The van der Waals surface area contributed by atoms with Crippen LogP contribution in [0.25, 0.3) is 11.3 Å². The van der Waals surface area contributed by atoms with E-state index in [1.807, 2.05) is 20.8 Å². The Kier molecular flexibility index (Phi) is 4.50. The standard InChI is InChI=1S/C16H19F2N3/c1-5-19-16-12(9(2)3)15(20-8-21-16)11-7-6-10(4)13(17)14(11)18/h6-9H,5H2,1-4H3,(H,19,20,21). The first-order valence-electron chi connectivity index (χ1n) is 7.01. The minimum atomic E-state index is -0.863. The van der Waals surface area contributed by atoms with Crippen LogP contribution in [0, 0.1) is 18.6 Å². The lowest BCUT2D eigenvalue weighted by Crippen LogP contribution is -2.08. The molecule has 0 saturated heterocycles. The molecular formula is C16H19F2N3. The average Bonchev–Trinajstić information content (AvgIpc) is 2.45. The first kappa shape index (κ1) is 15.4. The van der Waals surface area contributed by atoms with E-state index in [2.05, 4.69) is 15.3 Å². The number of rotatable bonds is 4. The molecule has 0 radical (unpaired) electrons. The molecule has 0 amide bonds. The van der Waals surface area contributed by atoms with E-state index in [0.29, 0.717) is 18.1 Å². The topological polar surface area (TPSA) is 37.8 Å². The number of aromatic nitrogens is 2. The van der Waals surface area contributed by atoms with Crippen molar-refractivity contribution >= 4 is 5.82 Å². The molecule has 2 aromatic rings. The Hall–Kier alpha value is -2.04. The summed E-state index contributed by atoms with van der Waals surface area (Å²) in [6.07, 6.45) is 1.37. The van der Waals surface area contributed by atoms with E-state index < -0.39 is 11.6 Å². The van der Waals surface area contributed by atoms with E-state index in [4.69, 9.17) is 0 Å². The van der Waals surface area contributed by atoms with Crippen LogP contribution in [0.4, 0.5) is 14.6 Å². The van der Waals surface area contributed by atoms with Crippen molar-refractivity contribution in [3.8, 4) is 11.3 Å². The number of anilines is 1. The van der Waals surface area contributed by atoms with Gasteiger partial charge in [0.15, 0.2) is 11.6 Å². The molecule has 0 aliphatic carbocycles. The van der Waals surface area contributed by atoms with Gasteiger partial charge in [0.2, 0.25) is 0 Å². The SMILES string of the molecule is CCNc1ncnc(-c2ccc(C)c(F)c2F)c1C(C)C. The summed E-state index contributed by atoms with van der Waals surface area (Å²) >= 11 is 0. The van der Waals surface area contributed by atoms with Crippen molar-refractivity contribution in [2.45, 2.75) is 33.6 Å². The van der Waals surface area contributed by atoms with Gasteiger partial charge in [-0.15, -0.1) is 0 Å². The summed E-state index contributed by atoms with van der Waals surface area (Å²) in [5, 5.41) is 3.15. The molecule has 0 bridgehead atoms. The van der Waals surface area contributed by atoms with Crippen molar-refractivity contribution in [1.29, 1.82) is 0 Å². The van der Waals surface area contributed by atoms with Crippen molar-refractivity contribution in [1.82, 2.24) is 9.97 Å². The molecule has 1 heterocycles. The zero-order valence-electron chi connectivity index (χ0n) is 12.7. The predicted octanol–water partition coefficient (Wildman–Crippen LogP) is 4.29. The Labute approximate surface area is 123 Å². The van der Waals surface area contributed by atoms with Gasteiger partial charge in [0.25, 0.3) is 0 Å². The first-order valence-corrected chi connectivity index (χ1v) is 7.01. The van der Waals surface area contributed by atoms with Crippen LogP contribution in [-0.2, 0) is 0 Å². The maximum absolute atomic E-state index is 14.3. The van der Waals surface area contributed by atoms with Gasteiger partial charge in [-0.3, -0.25) is 0 Å². The highest BCUT2D eigenvalue weighted by Gasteiger charge is 2.20. The van der Waals surface area contributed by atoms with Crippen LogP contribution in [0.15, 0.2) is 18.5 Å². The first-order chi connectivity index (χ1) is 9.97. The fraction of sp³-hybridized carbons (Fsp3) is 0.375. The molecular weight excluding hydrogens is 272 g/mol. The lowest BCUT2D eigenvalue weighted by atomic mass is 9.96. The van der Waals surface area contributed by atoms with Crippen LogP contribution in [0.5, 0.6) is 0 Å². The molecule has 1 aromatic heterocycles. The summed E-state index contributed by atoms with van der Waals surface area (Å²) in [6.45, 7) is 8.14. The van der Waals surface area contributed by atoms with Crippen LogP contribution in [0.1, 0.15) is 37.8 Å². The largest absolute Gasteiger partial charge is 0.370 e. The third-order valence-electron chi connectivity index (χ3n) is 3.34. The zero-order chi connectivity index (χ0) is 15.6. The van der Waals surface area contributed by atoms with Crippen molar-refractivity contribution in [3.63, 3.8) is 0 Å². The summed E-state index contributed by atoms with van der Waals surface area (Å²) in [6, 6.07) is 3.13. The second kappa shape index (κ2) is 6.16. The Morgan fingerprint density at radius 1 is 1.14 bits per heavy atom. The number of hydrogen-bond acceptors (Lipinski definition) is 3. The molecule has 0 unspecified atom stereocenters. The highest BCUT2D eigenvalue weighted by Crippen LogP contribution is 2.34. The molecule has 21 heavy (non-hydrogen) atoms. The normalized spacial score (nSPS) is 11.0. The molecule has 0 atom stereocenters. The maximum Gasteiger partial charge on any atom is 0.168 e. The van der Waals surface area contributed by atoms with Gasteiger partial charge in [0.1, 0.15) is 12.1 Å². The van der Waals surface area contributed by atoms with E-state index in [1.165, 1.54) is 13.3 Å². The van der Waals surface area contributed by atoms with Crippen LogP contribution >= 0.6 is 0 Å². The molecule has 0 fully saturated rings. The monoisotopic (exact) mass is 291 g/mol. The van der Waals surface area contributed by atoms with Crippen LogP contribution in [-0.4, -0.2) is 16.5 Å². The van der Waals surface area contributed by atoms with E-state index in [9.17, 15) is 8.78 Å². The van der Waals surface area contributed by atoms with Gasteiger partial charge in [0.05, 0.1) is 5.69 Å². The molecule has 3 nitrogen and oxygen atoms in total. The quantitative estimate of drug-likeness (QED) is 0.913. The highest BCUT2D eigenvalue weighted by molar-refractivity contribution is 5.70. The average molecular weight is 291 g/mol. The van der Waals surface area contributed by atoms with Crippen LogP contribution in [0.2, 0.25) is 0 Å². The van der Waals surface area contributed by atoms with Gasteiger partial charge in [-0.2, -0.15) is 0 Å². The van der Waals surface area contributed by atoms with Gasteiger partial charge in [-0.05, 0) is 31.4 Å². The molecule has 2 rings (SSSR count). The van der Waals surface area contributed by atoms with Crippen molar-refractivity contribution in [2.75, 3.05) is 11.9 Å². The zero-order valence-corrected chi connectivity index (χ0v) is 12.7. The third-order valence-corrected chi connectivity index (χ3v) is 3.34. The number of benzene rings is 1. The molecule has 0 aliphatic rings. The summed E-state index contributed by atoms with van der Waals surface area (Å²) < 4.78 is 28.1. The fourth-order valence-corrected chi connectivity index (χ4v) is 2.29. The highest BCUT2D eigenvalue weighted by atomic mass is 19.2. The third kappa shape index (κ3) is 2.86. The second-order valence-electron chi connectivity index (χ2n) is 5.23. The Morgan fingerprint density at radius 2 is 1.86 bits per heavy atom. The van der Waals surface area contributed by atoms with E-state index in [-0.39, 0.29) is 17.0 Å². The number of halogens is 2. The second-order valence-corrected chi connectivity index (χ2v) is 5.23. The van der Waals surface area contributed by atoms with E-state index in [1.54, 1.807) is 12.1 Å². The summed E-state index contributed by atoms with van der Waals surface area (Å²) in [4.78, 5) is 8.39. The molecule has 5 heteroatoms. The summed E-state index contributed by atoms with van der Waals surface area (Å²) in [5.74, 6) is -0.944. The minimum Gasteiger partial charge on any atom is -0.370 e. The van der Waals surface area contributed by atoms with Gasteiger partial charge in [-0.25, -0.2) is 18.7 Å². The Morgan fingerprint density at radius 3 is 2.48 bits per heavy atom. The number of nitrogens with zero attached hydrogens (tertiary/aromatic N) is 2. The number of nitrogens with one attached hydrogen (secondary N) is 1. The van der Waals surface area contributed by atoms with Gasteiger partial charge >= 0.3 is 0 Å². The van der Waals surface area contributed by atoms with Crippen molar-refractivity contribution in [2.24, 2.45) is 0 Å². The molecule has 1 N–H and O–H groups in total. The van der Waals surface area contributed by atoms with Gasteiger partial charge in [0, 0.05) is 17.7 Å². The van der Waals surface area contributed by atoms with E-state index in [0.717, 1.165) is 5.56 Å². The lowest BCUT2D eigenvalue weighted by Gasteiger charge is -2.17. The van der Waals surface area contributed by atoms with Crippen molar-refractivity contribution in [3.05, 3.63) is 41.2 Å². The van der Waals surface area contributed by atoms with Crippen LogP contribution in [0.3, 0.4) is 0 Å². The number of aryl methyl sites for hydroxylation is 1. The Bertz CT molecular complexity index is 654. The molecule has 112 valence electrons. The lowest BCUT2D eigenvalue weighted by molar-refractivity contribution is 0.505. The summed E-state index contributed by atoms with van der Waals surface area (Å²) in [5.41, 5.74) is 1.68.